The number of carbonyl (C=O) groups is 1. The van der Waals surface area contributed by atoms with Crippen LogP contribution in [0.15, 0.2) is 5.38 Å². The molecular weight excluding hydrogens is 276 g/mol. The number of esters is 1. The number of nitrogens with zero attached hydrogens (tertiary/aromatic N) is 2. The number of anilines is 1. The molecule has 20 heavy (non-hydrogen) atoms. The average molecular weight is 298 g/mol. The fourth-order valence-corrected chi connectivity index (χ4v) is 3.36. The van der Waals surface area contributed by atoms with Crippen molar-refractivity contribution in [2.45, 2.75) is 45.3 Å². The molecule has 2 heterocycles. The van der Waals surface area contributed by atoms with Crippen LogP contribution in [0.5, 0.6) is 0 Å². The highest BCUT2D eigenvalue weighted by molar-refractivity contribution is 7.13. The van der Waals surface area contributed by atoms with E-state index < -0.39 is 0 Å². The lowest BCUT2D eigenvalue weighted by molar-refractivity contribution is -0.140. The number of ether oxygens (including phenoxy) is 2. The van der Waals surface area contributed by atoms with E-state index in [-0.39, 0.29) is 17.7 Å². The SMILES string of the molecule is COC(=O)CCc1csc(N2CC(C)OC(C)(C)C2)n1. The van der Waals surface area contributed by atoms with Crippen LogP contribution in [0.3, 0.4) is 0 Å². The Hall–Kier alpha value is -1.14. The van der Waals surface area contributed by atoms with Crippen LogP contribution in [0, 0.1) is 0 Å². The highest BCUT2D eigenvalue weighted by Crippen LogP contribution is 2.28. The summed E-state index contributed by atoms with van der Waals surface area (Å²) in [6.45, 7) is 7.97. The minimum absolute atomic E-state index is 0.157. The Bertz CT molecular complexity index is 473. The first-order valence-corrected chi connectivity index (χ1v) is 7.71. The molecule has 0 aromatic carbocycles. The second-order valence-electron chi connectivity index (χ2n) is 5.77. The van der Waals surface area contributed by atoms with Gasteiger partial charge in [-0.1, -0.05) is 0 Å². The zero-order valence-electron chi connectivity index (χ0n) is 12.5. The van der Waals surface area contributed by atoms with Gasteiger partial charge in [0.05, 0.1) is 30.9 Å². The number of rotatable bonds is 4. The van der Waals surface area contributed by atoms with E-state index in [9.17, 15) is 4.79 Å². The van der Waals surface area contributed by atoms with Crippen LogP contribution < -0.4 is 4.90 Å². The molecule has 2 rings (SSSR count). The van der Waals surface area contributed by atoms with Gasteiger partial charge in [0.2, 0.25) is 0 Å². The van der Waals surface area contributed by atoms with Crippen LogP contribution in [0.25, 0.3) is 0 Å². The minimum atomic E-state index is -0.194. The molecular formula is C14H22N2O3S. The van der Waals surface area contributed by atoms with Crippen molar-refractivity contribution >= 4 is 22.4 Å². The molecule has 6 heteroatoms. The van der Waals surface area contributed by atoms with Crippen molar-refractivity contribution < 1.29 is 14.3 Å². The fourth-order valence-electron chi connectivity index (χ4n) is 2.49. The van der Waals surface area contributed by atoms with Crippen molar-refractivity contribution in [1.82, 2.24) is 4.98 Å². The van der Waals surface area contributed by atoms with E-state index in [2.05, 4.69) is 35.4 Å². The first-order chi connectivity index (χ1) is 9.39. The van der Waals surface area contributed by atoms with Gasteiger partial charge in [-0.2, -0.15) is 0 Å². The van der Waals surface area contributed by atoms with Crippen LogP contribution in [-0.2, 0) is 20.7 Å². The molecule has 1 atom stereocenters. The molecule has 1 aliphatic heterocycles. The molecule has 0 amide bonds. The van der Waals surface area contributed by atoms with E-state index in [1.54, 1.807) is 11.3 Å². The molecule has 112 valence electrons. The Labute approximate surface area is 123 Å². The summed E-state index contributed by atoms with van der Waals surface area (Å²) in [4.78, 5) is 18.0. The molecule has 1 fully saturated rings. The first-order valence-electron chi connectivity index (χ1n) is 6.83. The maximum Gasteiger partial charge on any atom is 0.305 e. The van der Waals surface area contributed by atoms with Crippen LogP contribution in [0.1, 0.15) is 32.9 Å². The third kappa shape index (κ3) is 3.93. The topological polar surface area (TPSA) is 51.7 Å². The Morgan fingerprint density at radius 1 is 1.65 bits per heavy atom. The molecule has 0 spiro atoms. The van der Waals surface area contributed by atoms with E-state index in [0.29, 0.717) is 12.8 Å². The van der Waals surface area contributed by atoms with Crippen molar-refractivity contribution in [2.75, 3.05) is 25.1 Å². The van der Waals surface area contributed by atoms with Crippen LogP contribution >= 0.6 is 11.3 Å². The van der Waals surface area contributed by atoms with Crippen molar-refractivity contribution in [3.63, 3.8) is 0 Å². The van der Waals surface area contributed by atoms with Gasteiger partial charge in [0.25, 0.3) is 0 Å². The van der Waals surface area contributed by atoms with Gasteiger partial charge >= 0.3 is 5.97 Å². The number of thiazole rings is 1. The normalized spacial score (nSPS) is 21.8. The molecule has 1 aliphatic rings. The van der Waals surface area contributed by atoms with Gasteiger partial charge in [0.1, 0.15) is 0 Å². The summed E-state index contributed by atoms with van der Waals surface area (Å²) in [5.74, 6) is -0.194. The Kier molecular flexibility index (Phi) is 4.65. The maximum absolute atomic E-state index is 11.1. The van der Waals surface area contributed by atoms with Crippen molar-refractivity contribution in [3.8, 4) is 0 Å². The van der Waals surface area contributed by atoms with E-state index >= 15 is 0 Å². The van der Waals surface area contributed by atoms with Gasteiger partial charge in [-0.15, -0.1) is 11.3 Å². The Balaban J connectivity index is 1.99. The molecule has 0 bridgehead atoms. The Morgan fingerprint density at radius 2 is 2.40 bits per heavy atom. The van der Waals surface area contributed by atoms with E-state index in [1.165, 1.54) is 7.11 Å². The second-order valence-corrected chi connectivity index (χ2v) is 6.60. The molecule has 1 unspecified atom stereocenters. The van der Waals surface area contributed by atoms with Crippen LogP contribution in [-0.4, -0.2) is 42.9 Å². The summed E-state index contributed by atoms with van der Waals surface area (Å²) in [7, 11) is 1.41. The van der Waals surface area contributed by atoms with Crippen LogP contribution in [0.2, 0.25) is 0 Å². The van der Waals surface area contributed by atoms with Gasteiger partial charge in [-0.05, 0) is 20.8 Å². The summed E-state index contributed by atoms with van der Waals surface area (Å²) in [6.07, 6.45) is 1.21. The molecule has 0 radical (unpaired) electrons. The van der Waals surface area contributed by atoms with Gasteiger partial charge in [0.15, 0.2) is 5.13 Å². The van der Waals surface area contributed by atoms with Crippen molar-refractivity contribution in [3.05, 3.63) is 11.1 Å². The number of carbonyl (C=O) groups excluding carboxylic acids is 1. The summed E-state index contributed by atoms with van der Waals surface area (Å²) in [5, 5.41) is 3.03. The monoisotopic (exact) mass is 298 g/mol. The lowest BCUT2D eigenvalue weighted by atomic mass is 10.1. The van der Waals surface area contributed by atoms with E-state index in [0.717, 1.165) is 23.9 Å². The lowest BCUT2D eigenvalue weighted by Gasteiger charge is -2.41. The predicted molar refractivity (Wildman–Crippen MR) is 79.3 cm³/mol. The van der Waals surface area contributed by atoms with Gasteiger partial charge in [0, 0.05) is 24.9 Å². The number of hydrogen-bond donors (Lipinski definition) is 0. The smallest absolute Gasteiger partial charge is 0.305 e. The van der Waals surface area contributed by atoms with Crippen molar-refractivity contribution in [2.24, 2.45) is 0 Å². The van der Waals surface area contributed by atoms with Gasteiger partial charge in [-0.25, -0.2) is 4.98 Å². The van der Waals surface area contributed by atoms with Crippen LogP contribution in [0.4, 0.5) is 5.13 Å². The molecule has 0 saturated carbocycles. The number of morpholine rings is 1. The first kappa shape index (κ1) is 15.3. The maximum atomic E-state index is 11.1. The summed E-state index contributed by atoms with van der Waals surface area (Å²) < 4.78 is 10.5. The highest BCUT2D eigenvalue weighted by Gasteiger charge is 2.32. The standard InChI is InChI=1S/C14H22N2O3S/c1-10-7-16(9-14(2,3)19-10)13-15-11(8-20-13)5-6-12(17)18-4/h8,10H,5-7,9H2,1-4H3. The highest BCUT2D eigenvalue weighted by atomic mass is 32.1. The van der Waals surface area contributed by atoms with E-state index in [4.69, 9.17) is 4.74 Å². The average Bonchev–Trinajstić information content (AvgIpc) is 2.82. The van der Waals surface area contributed by atoms with Gasteiger partial charge < -0.3 is 14.4 Å². The molecule has 1 aromatic heterocycles. The zero-order chi connectivity index (χ0) is 14.8. The third-order valence-electron chi connectivity index (χ3n) is 3.19. The predicted octanol–water partition coefficient (Wildman–Crippen LogP) is 2.25. The molecule has 1 aromatic rings. The Morgan fingerprint density at radius 3 is 3.05 bits per heavy atom. The van der Waals surface area contributed by atoms with Gasteiger partial charge in [-0.3, -0.25) is 4.79 Å². The second kappa shape index (κ2) is 6.10. The number of hydrogen-bond acceptors (Lipinski definition) is 6. The third-order valence-corrected chi connectivity index (χ3v) is 4.14. The molecule has 5 nitrogen and oxygen atoms in total. The number of methoxy groups -OCH3 is 1. The lowest BCUT2D eigenvalue weighted by Crippen LogP contribution is -2.52. The molecule has 0 N–H and O–H groups in total. The van der Waals surface area contributed by atoms with E-state index in [1.807, 2.05) is 5.38 Å². The zero-order valence-corrected chi connectivity index (χ0v) is 13.3. The summed E-state index contributed by atoms with van der Waals surface area (Å²) >= 11 is 1.63. The minimum Gasteiger partial charge on any atom is -0.469 e. The summed E-state index contributed by atoms with van der Waals surface area (Å²) in [5.41, 5.74) is 0.794. The quantitative estimate of drug-likeness (QED) is 0.798. The molecule has 1 saturated heterocycles. The number of aryl methyl sites for hydroxylation is 1. The largest absolute Gasteiger partial charge is 0.469 e. The molecule has 0 aliphatic carbocycles. The number of aromatic nitrogens is 1. The summed E-state index contributed by atoms with van der Waals surface area (Å²) in [6, 6.07) is 0. The van der Waals surface area contributed by atoms with Crippen molar-refractivity contribution in [1.29, 1.82) is 0 Å². The fraction of sp³-hybridized carbons (Fsp3) is 0.714.